The fourth-order valence-electron chi connectivity index (χ4n) is 2.23. The van der Waals surface area contributed by atoms with Gasteiger partial charge in [-0.25, -0.2) is 4.98 Å². The number of anilines is 1. The fourth-order valence-corrected chi connectivity index (χ4v) is 2.23. The first-order valence-electron chi connectivity index (χ1n) is 6.61. The molecule has 4 nitrogen and oxygen atoms in total. The minimum atomic E-state index is -4.38. The van der Waals surface area contributed by atoms with Crippen LogP contribution in [-0.2, 0) is 11.0 Å². The molecular weight excluding hydrogens is 283 g/mol. The van der Waals surface area contributed by atoms with Crippen LogP contribution >= 0.6 is 0 Å². The van der Waals surface area contributed by atoms with Gasteiger partial charge in [0, 0.05) is 25.3 Å². The average Bonchev–Trinajstić information content (AvgIpc) is 2.86. The zero-order chi connectivity index (χ0) is 15.5. The van der Waals surface area contributed by atoms with E-state index in [0.29, 0.717) is 18.9 Å². The van der Waals surface area contributed by atoms with Crippen LogP contribution in [0.4, 0.5) is 19.0 Å². The molecule has 0 saturated carbocycles. The van der Waals surface area contributed by atoms with Crippen LogP contribution in [0.5, 0.6) is 0 Å². The number of carbonyl (C=O) groups is 1. The van der Waals surface area contributed by atoms with E-state index in [1.807, 2.05) is 4.90 Å². The SMILES string of the molecule is C/C=C/C(=O)NC1CCN(c2ccc(C(F)(F)F)cn2)C1. The molecule has 7 heteroatoms. The summed E-state index contributed by atoms with van der Waals surface area (Å²) in [5, 5.41) is 2.84. The van der Waals surface area contributed by atoms with Gasteiger partial charge in [-0.15, -0.1) is 0 Å². The van der Waals surface area contributed by atoms with Crippen molar-refractivity contribution in [2.75, 3.05) is 18.0 Å². The molecule has 114 valence electrons. The van der Waals surface area contributed by atoms with E-state index < -0.39 is 11.7 Å². The molecule has 0 bridgehead atoms. The van der Waals surface area contributed by atoms with E-state index in [1.54, 1.807) is 13.0 Å². The Morgan fingerprint density at radius 1 is 1.48 bits per heavy atom. The summed E-state index contributed by atoms with van der Waals surface area (Å²) in [6.45, 7) is 2.95. The minimum absolute atomic E-state index is 0.0159. The number of pyridine rings is 1. The summed E-state index contributed by atoms with van der Waals surface area (Å²) in [6.07, 6.45) is 0.297. The van der Waals surface area contributed by atoms with Crippen LogP contribution in [0.1, 0.15) is 18.9 Å². The minimum Gasteiger partial charge on any atom is -0.354 e. The maximum Gasteiger partial charge on any atom is 0.417 e. The maximum absolute atomic E-state index is 12.5. The Labute approximate surface area is 120 Å². The lowest BCUT2D eigenvalue weighted by Gasteiger charge is -2.18. The van der Waals surface area contributed by atoms with Gasteiger partial charge in [0.2, 0.25) is 5.91 Å². The van der Waals surface area contributed by atoms with Crippen LogP contribution in [0, 0.1) is 0 Å². The number of allylic oxidation sites excluding steroid dienone is 1. The number of nitrogens with zero attached hydrogens (tertiary/aromatic N) is 2. The van der Waals surface area contributed by atoms with Crippen LogP contribution in [0.15, 0.2) is 30.5 Å². The van der Waals surface area contributed by atoms with Crippen LogP contribution in [0.25, 0.3) is 0 Å². The third kappa shape index (κ3) is 3.96. The number of aromatic nitrogens is 1. The van der Waals surface area contributed by atoms with Gasteiger partial charge >= 0.3 is 6.18 Å². The Kier molecular flexibility index (Phi) is 4.50. The second-order valence-corrected chi connectivity index (χ2v) is 4.84. The van der Waals surface area contributed by atoms with Gasteiger partial charge in [0.15, 0.2) is 0 Å². The number of rotatable bonds is 3. The topological polar surface area (TPSA) is 45.2 Å². The zero-order valence-electron chi connectivity index (χ0n) is 11.5. The molecular formula is C14H16F3N3O. The van der Waals surface area contributed by atoms with Crippen molar-refractivity contribution in [3.05, 3.63) is 36.0 Å². The van der Waals surface area contributed by atoms with Crippen molar-refractivity contribution in [2.24, 2.45) is 0 Å². The molecule has 1 N–H and O–H groups in total. The molecule has 2 heterocycles. The van der Waals surface area contributed by atoms with Crippen molar-refractivity contribution in [1.82, 2.24) is 10.3 Å². The summed E-state index contributed by atoms with van der Waals surface area (Å²) in [7, 11) is 0. The predicted octanol–water partition coefficient (Wildman–Crippen LogP) is 2.37. The summed E-state index contributed by atoms with van der Waals surface area (Å²) in [5.74, 6) is 0.329. The Hall–Kier alpha value is -2.05. The first-order chi connectivity index (χ1) is 9.90. The van der Waals surface area contributed by atoms with Crippen molar-refractivity contribution >= 4 is 11.7 Å². The van der Waals surface area contributed by atoms with E-state index in [4.69, 9.17) is 0 Å². The van der Waals surface area contributed by atoms with E-state index in [1.165, 1.54) is 12.1 Å². The second kappa shape index (κ2) is 6.15. The van der Waals surface area contributed by atoms with E-state index in [0.717, 1.165) is 18.7 Å². The van der Waals surface area contributed by atoms with Gasteiger partial charge in [-0.2, -0.15) is 13.2 Å². The molecule has 1 unspecified atom stereocenters. The van der Waals surface area contributed by atoms with Crippen LogP contribution in [0.2, 0.25) is 0 Å². The van der Waals surface area contributed by atoms with Gasteiger partial charge in [0.25, 0.3) is 0 Å². The lowest BCUT2D eigenvalue weighted by molar-refractivity contribution is -0.137. The van der Waals surface area contributed by atoms with E-state index >= 15 is 0 Å². The summed E-state index contributed by atoms with van der Waals surface area (Å²) in [5.41, 5.74) is -0.761. The normalized spacial score (nSPS) is 19.2. The summed E-state index contributed by atoms with van der Waals surface area (Å²) < 4.78 is 37.4. The number of halogens is 3. The lowest BCUT2D eigenvalue weighted by Crippen LogP contribution is -2.36. The largest absolute Gasteiger partial charge is 0.417 e. The van der Waals surface area contributed by atoms with Gasteiger partial charge in [0.1, 0.15) is 5.82 Å². The summed E-state index contributed by atoms with van der Waals surface area (Å²) in [6, 6.07) is 2.37. The Balaban J connectivity index is 1.97. The van der Waals surface area contributed by atoms with Gasteiger partial charge in [-0.3, -0.25) is 4.79 Å². The molecule has 1 saturated heterocycles. The van der Waals surface area contributed by atoms with Gasteiger partial charge in [0.05, 0.1) is 5.56 Å². The van der Waals surface area contributed by atoms with Gasteiger partial charge < -0.3 is 10.2 Å². The van der Waals surface area contributed by atoms with E-state index in [-0.39, 0.29) is 11.9 Å². The monoisotopic (exact) mass is 299 g/mol. The number of amides is 1. The molecule has 21 heavy (non-hydrogen) atoms. The van der Waals surface area contributed by atoms with Crippen molar-refractivity contribution in [1.29, 1.82) is 0 Å². The Morgan fingerprint density at radius 3 is 2.81 bits per heavy atom. The standard InChI is InChI=1S/C14H16F3N3O/c1-2-3-13(21)19-11-6-7-20(9-11)12-5-4-10(8-18-12)14(15,16)17/h2-5,8,11H,6-7,9H2,1H3,(H,19,21)/b3-2+. The first-order valence-corrected chi connectivity index (χ1v) is 6.61. The van der Waals surface area contributed by atoms with Crippen molar-refractivity contribution in [3.8, 4) is 0 Å². The Morgan fingerprint density at radius 2 is 2.24 bits per heavy atom. The maximum atomic E-state index is 12.5. The van der Waals surface area contributed by atoms with Gasteiger partial charge in [-0.1, -0.05) is 6.08 Å². The molecule has 1 atom stereocenters. The summed E-state index contributed by atoms with van der Waals surface area (Å²) in [4.78, 5) is 17.2. The zero-order valence-corrected chi connectivity index (χ0v) is 11.5. The smallest absolute Gasteiger partial charge is 0.354 e. The number of hydrogen-bond acceptors (Lipinski definition) is 3. The average molecular weight is 299 g/mol. The molecule has 1 aromatic rings. The molecule has 1 fully saturated rings. The molecule has 0 aromatic carbocycles. The summed E-state index contributed by atoms with van der Waals surface area (Å²) >= 11 is 0. The predicted molar refractivity (Wildman–Crippen MR) is 72.8 cm³/mol. The number of carbonyl (C=O) groups excluding carboxylic acids is 1. The van der Waals surface area contributed by atoms with E-state index in [9.17, 15) is 18.0 Å². The third-order valence-electron chi connectivity index (χ3n) is 3.25. The number of nitrogens with one attached hydrogen (secondary N) is 1. The Bertz CT molecular complexity index is 525. The van der Waals surface area contributed by atoms with Crippen LogP contribution < -0.4 is 10.2 Å². The molecule has 1 aromatic heterocycles. The number of hydrogen-bond donors (Lipinski definition) is 1. The quantitative estimate of drug-likeness (QED) is 0.872. The highest BCUT2D eigenvalue weighted by Crippen LogP contribution is 2.29. The molecule has 1 aliphatic rings. The molecule has 0 radical (unpaired) electrons. The lowest BCUT2D eigenvalue weighted by atomic mass is 10.2. The molecule has 1 amide bonds. The van der Waals surface area contributed by atoms with Crippen molar-refractivity contribution < 1.29 is 18.0 Å². The second-order valence-electron chi connectivity index (χ2n) is 4.84. The van der Waals surface area contributed by atoms with Crippen molar-refractivity contribution in [3.63, 3.8) is 0 Å². The number of alkyl halides is 3. The highest BCUT2D eigenvalue weighted by molar-refractivity contribution is 5.87. The van der Waals surface area contributed by atoms with Crippen LogP contribution in [-0.4, -0.2) is 30.0 Å². The molecule has 0 spiro atoms. The fraction of sp³-hybridized carbons (Fsp3) is 0.429. The highest BCUT2D eigenvalue weighted by atomic mass is 19.4. The van der Waals surface area contributed by atoms with Crippen molar-refractivity contribution in [2.45, 2.75) is 25.6 Å². The molecule has 2 rings (SSSR count). The molecule has 0 aliphatic carbocycles. The molecule has 1 aliphatic heterocycles. The van der Waals surface area contributed by atoms with Crippen LogP contribution in [0.3, 0.4) is 0 Å². The van der Waals surface area contributed by atoms with E-state index in [2.05, 4.69) is 10.3 Å². The first kappa shape index (κ1) is 15.3. The highest BCUT2D eigenvalue weighted by Gasteiger charge is 2.31. The third-order valence-corrected chi connectivity index (χ3v) is 3.25. The van der Waals surface area contributed by atoms with Gasteiger partial charge in [-0.05, 0) is 31.6 Å².